The van der Waals surface area contributed by atoms with Crippen LogP contribution in [-0.4, -0.2) is 25.2 Å². The first kappa shape index (κ1) is 25.0. The van der Waals surface area contributed by atoms with Crippen molar-refractivity contribution in [2.75, 3.05) is 11.9 Å². The summed E-state index contributed by atoms with van der Waals surface area (Å²) in [5.41, 5.74) is -1.02. The van der Waals surface area contributed by atoms with Crippen molar-refractivity contribution in [3.05, 3.63) is 94.0 Å². The molecule has 3 aromatic carbocycles. The summed E-state index contributed by atoms with van der Waals surface area (Å²) in [5, 5.41) is 2.84. The molecule has 174 valence electrons. The van der Waals surface area contributed by atoms with E-state index in [0.29, 0.717) is 15.6 Å². The van der Waals surface area contributed by atoms with Crippen molar-refractivity contribution in [2.45, 2.75) is 17.6 Å². The van der Waals surface area contributed by atoms with Crippen LogP contribution < -0.4 is 5.32 Å². The lowest BCUT2D eigenvalue weighted by Gasteiger charge is -2.22. The molecule has 0 aromatic heterocycles. The summed E-state index contributed by atoms with van der Waals surface area (Å²) in [7, 11) is -4.21. The highest BCUT2D eigenvalue weighted by molar-refractivity contribution is 7.89. The normalized spacial score (nSPS) is 12.1. The summed E-state index contributed by atoms with van der Waals surface area (Å²) in [5.74, 6) is -0.939. The summed E-state index contributed by atoms with van der Waals surface area (Å²) in [6, 6.07) is 16.1. The number of nitrogens with one attached hydrogen (secondary N) is 1. The molecule has 1 N–H and O–H groups in total. The van der Waals surface area contributed by atoms with Crippen LogP contribution >= 0.6 is 23.2 Å². The first-order chi connectivity index (χ1) is 15.5. The summed E-state index contributed by atoms with van der Waals surface area (Å²) in [6.07, 6.45) is -4.69. The largest absolute Gasteiger partial charge is 0.418 e. The Bertz CT molecular complexity index is 1250. The monoisotopic (exact) mass is 516 g/mol. The molecule has 0 radical (unpaired) electrons. The minimum Gasteiger partial charge on any atom is -0.324 e. The number of hydrogen-bond donors (Lipinski definition) is 1. The second-order valence-corrected chi connectivity index (χ2v) is 9.76. The van der Waals surface area contributed by atoms with Gasteiger partial charge in [0.1, 0.15) is 0 Å². The molecule has 0 aliphatic rings. The molecule has 0 bridgehead atoms. The van der Waals surface area contributed by atoms with Crippen molar-refractivity contribution in [1.29, 1.82) is 0 Å². The van der Waals surface area contributed by atoms with Crippen LogP contribution in [0.1, 0.15) is 11.1 Å². The molecule has 0 unspecified atom stereocenters. The fraction of sp³-hybridized carbons (Fsp3) is 0.136. The Kier molecular flexibility index (Phi) is 7.69. The van der Waals surface area contributed by atoms with Crippen LogP contribution in [0.3, 0.4) is 0 Å². The molecule has 0 saturated carbocycles. The van der Waals surface area contributed by atoms with Crippen molar-refractivity contribution in [1.82, 2.24) is 4.31 Å². The Hall–Kier alpha value is -2.59. The average Bonchev–Trinajstić information content (AvgIpc) is 2.73. The smallest absolute Gasteiger partial charge is 0.324 e. The third-order valence-electron chi connectivity index (χ3n) is 4.53. The standard InChI is InChI=1S/C22H17Cl2F3N2O3S/c23-16-8-10-18(11-9-16)33(31,32)29(13-15-4-3-5-17(24)12-15)14-21(30)28-20-7-2-1-6-19(20)22(25,26)27/h1-12H,13-14H2,(H,28,30). The van der Waals surface area contributed by atoms with Crippen LogP contribution in [0.25, 0.3) is 0 Å². The van der Waals surface area contributed by atoms with Gasteiger partial charge in [-0.3, -0.25) is 4.79 Å². The van der Waals surface area contributed by atoms with Crippen LogP contribution in [0.5, 0.6) is 0 Å². The number of nitrogens with zero attached hydrogens (tertiary/aromatic N) is 1. The number of carbonyl (C=O) groups is 1. The zero-order valence-corrected chi connectivity index (χ0v) is 19.1. The van der Waals surface area contributed by atoms with Gasteiger partial charge in [-0.25, -0.2) is 8.42 Å². The molecule has 0 atom stereocenters. The minimum atomic E-state index is -4.69. The van der Waals surface area contributed by atoms with Gasteiger partial charge >= 0.3 is 6.18 Å². The van der Waals surface area contributed by atoms with Gasteiger partial charge in [-0.05, 0) is 54.1 Å². The number of rotatable bonds is 7. The van der Waals surface area contributed by atoms with E-state index in [4.69, 9.17) is 23.2 Å². The molecule has 0 aliphatic carbocycles. The van der Waals surface area contributed by atoms with Gasteiger partial charge in [-0.15, -0.1) is 0 Å². The molecule has 0 spiro atoms. The highest BCUT2D eigenvalue weighted by atomic mass is 35.5. The Morgan fingerprint density at radius 2 is 1.58 bits per heavy atom. The molecule has 0 heterocycles. The van der Waals surface area contributed by atoms with E-state index in [1.807, 2.05) is 0 Å². The van der Waals surface area contributed by atoms with E-state index in [-0.39, 0.29) is 11.4 Å². The molecular formula is C22H17Cl2F3N2O3S. The number of anilines is 1. The zero-order valence-electron chi connectivity index (χ0n) is 16.8. The van der Waals surface area contributed by atoms with E-state index >= 15 is 0 Å². The van der Waals surface area contributed by atoms with Crippen LogP contribution in [-0.2, 0) is 27.5 Å². The molecule has 5 nitrogen and oxygen atoms in total. The molecule has 0 fully saturated rings. The van der Waals surface area contributed by atoms with Gasteiger partial charge in [-0.1, -0.05) is 47.5 Å². The molecule has 11 heteroatoms. The SMILES string of the molecule is O=C(CN(Cc1cccc(Cl)c1)S(=O)(=O)c1ccc(Cl)cc1)Nc1ccccc1C(F)(F)F. The van der Waals surface area contributed by atoms with Crippen molar-refractivity contribution in [3.8, 4) is 0 Å². The summed E-state index contributed by atoms with van der Waals surface area (Å²) in [6.45, 7) is -0.969. The maximum Gasteiger partial charge on any atom is 0.418 e. The van der Waals surface area contributed by atoms with Gasteiger partial charge in [-0.2, -0.15) is 17.5 Å². The number of carbonyl (C=O) groups excluding carboxylic acids is 1. The van der Waals surface area contributed by atoms with E-state index < -0.39 is 39.9 Å². The minimum absolute atomic E-state index is 0.127. The molecule has 3 aromatic rings. The topological polar surface area (TPSA) is 66.5 Å². The predicted molar refractivity (Wildman–Crippen MR) is 121 cm³/mol. The summed E-state index contributed by atoms with van der Waals surface area (Å²) in [4.78, 5) is 12.5. The molecule has 0 saturated heterocycles. The summed E-state index contributed by atoms with van der Waals surface area (Å²) >= 11 is 11.8. The first-order valence-electron chi connectivity index (χ1n) is 9.43. The zero-order chi connectivity index (χ0) is 24.2. The second kappa shape index (κ2) is 10.1. The lowest BCUT2D eigenvalue weighted by atomic mass is 10.1. The summed E-state index contributed by atoms with van der Waals surface area (Å²) < 4.78 is 67.1. The van der Waals surface area contributed by atoms with Gasteiger partial charge in [0.25, 0.3) is 0 Å². The Morgan fingerprint density at radius 1 is 0.909 bits per heavy atom. The van der Waals surface area contributed by atoms with E-state index in [2.05, 4.69) is 5.32 Å². The van der Waals surface area contributed by atoms with Crippen LogP contribution in [0, 0.1) is 0 Å². The van der Waals surface area contributed by atoms with Gasteiger partial charge in [0.05, 0.1) is 22.7 Å². The van der Waals surface area contributed by atoms with Crippen molar-refractivity contribution in [3.63, 3.8) is 0 Å². The highest BCUT2D eigenvalue weighted by Crippen LogP contribution is 2.34. The third-order valence-corrected chi connectivity index (χ3v) is 6.82. The molecular weight excluding hydrogens is 500 g/mol. The number of amides is 1. The maximum absolute atomic E-state index is 13.2. The predicted octanol–water partition coefficient (Wildman–Crippen LogP) is 5.84. The third kappa shape index (κ3) is 6.48. The Labute approximate surface area is 198 Å². The van der Waals surface area contributed by atoms with Crippen molar-refractivity contribution < 1.29 is 26.4 Å². The second-order valence-electron chi connectivity index (χ2n) is 6.95. The van der Waals surface area contributed by atoms with E-state index in [9.17, 15) is 26.4 Å². The number of halogens is 5. The highest BCUT2D eigenvalue weighted by Gasteiger charge is 2.34. The van der Waals surface area contributed by atoms with Crippen LogP contribution in [0.2, 0.25) is 10.0 Å². The number of benzene rings is 3. The first-order valence-corrected chi connectivity index (χ1v) is 11.6. The number of alkyl halides is 3. The van der Waals surface area contributed by atoms with Gasteiger partial charge < -0.3 is 5.32 Å². The van der Waals surface area contributed by atoms with E-state index in [1.54, 1.807) is 18.2 Å². The van der Waals surface area contributed by atoms with Gasteiger partial charge in [0, 0.05) is 16.6 Å². The molecule has 33 heavy (non-hydrogen) atoms. The number of sulfonamides is 1. The molecule has 1 amide bonds. The Morgan fingerprint density at radius 3 is 2.21 bits per heavy atom. The lowest BCUT2D eigenvalue weighted by molar-refractivity contribution is -0.137. The number of hydrogen-bond acceptors (Lipinski definition) is 3. The lowest BCUT2D eigenvalue weighted by Crippen LogP contribution is -2.37. The van der Waals surface area contributed by atoms with Crippen LogP contribution in [0.4, 0.5) is 18.9 Å². The van der Waals surface area contributed by atoms with Crippen LogP contribution in [0.15, 0.2) is 77.7 Å². The fourth-order valence-corrected chi connectivity index (χ4v) is 4.73. The quantitative estimate of drug-likeness (QED) is 0.428. The van der Waals surface area contributed by atoms with E-state index in [1.165, 1.54) is 42.5 Å². The van der Waals surface area contributed by atoms with Gasteiger partial charge in [0.15, 0.2) is 0 Å². The molecule has 0 aliphatic heterocycles. The number of para-hydroxylation sites is 1. The van der Waals surface area contributed by atoms with Gasteiger partial charge in [0.2, 0.25) is 15.9 Å². The molecule has 3 rings (SSSR count). The van der Waals surface area contributed by atoms with Crippen molar-refractivity contribution in [2.24, 2.45) is 0 Å². The average molecular weight is 517 g/mol. The van der Waals surface area contributed by atoms with E-state index in [0.717, 1.165) is 16.4 Å². The fourth-order valence-electron chi connectivity index (χ4n) is 3.01. The Balaban J connectivity index is 1.91. The maximum atomic E-state index is 13.2. The van der Waals surface area contributed by atoms with Crippen molar-refractivity contribution >= 4 is 44.8 Å².